The average molecular weight is 255 g/mol. The van der Waals surface area contributed by atoms with Gasteiger partial charge < -0.3 is 15.0 Å². The molecule has 0 aliphatic carbocycles. The highest BCUT2D eigenvalue weighted by molar-refractivity contribution is 5.81. The third-order valence-corrected chi connectivity index (χ3v) is 4.26. The minimum atomic E-state index is -0.0581. The molecular formula is C13H25N3O2. The predicted molar refractivity (Wildman–Crippen MR) is 70.5 cm³/mol. The van der Waals surface area contributed by atoms with E-state index in [4.69, 9.17) is 4.74 Å². The van der Waals surface area contributed by atoms with Crippen LogP contribution in [0.1, 0.15) is 20.3 Å². The molecule has 5 nitrogen and oxygen atoms in total. The summed E-state index contributed by atoms with van der Waals surface area (Å²) in [4.78, 5) is 16.6. The standard InChI is InChI=1S/C13H25N3O2/c1-10(13(17)16-7-5-14-6-8-16)15(3)12-4-9-18-11(12)2/h10-12,14H,4-9H2,1-3H3. The Hall–Kier alpha value is -0.650. The molecule has 5 heteroatoms. The minimum absolute atomic E-state index is 0.0581. The Morgan fingerprint density at radius 3 is 2.67 bits per heavy atom. The van der Waals surface area contributed by atoms with E-state index < -0.39 is 0 Å². The van der Waals surface area contributed by atoms with Gasteiger partial charge in [-0.3, -0.25) is 9.69 Å². The lowest BCUT2D eigenvalue weighted by Crippen LogP contribution is -2.55. The van der Waals surface area contributed by atoms with E-state index in [1.54, 1.807) is 0 Å². The first-order valence-corrected chi connectivity index (χ1v) is 6.94. The van der Waals surface area contributed by atoms with Crippen molar-refractivity contribution < 1.29 is 9.53 Å². The minimum Gasteiger partial charge on any atom is -0.377 e. The van der Waals surface area contributed by atoms with Gasteiger partial charge in [0.2, 0.25) is 5.91 Å². The fraction of sp³-hybridized carbons (Fsp3) is 0.923. The van der Waals surface area contributed by atoms with Crippen molar-refractivity contribution in [3.63, 3.8) is 0 Å². The number of carbonyl (C=O) groups is 1. The van der Waals surface area contributed by atoms with Crippen molar-refractivity contribution in [3.8, 4) is 0 Å². The average Bonchev–Trinajstić information content (AvgIpc) is 2.83. The van der Waals surface area contributed by atoms with Gasteiger partial charge in [-0.25, -0.2) is 0 Å². The maximum Gasteiger partial charge on any atom is 0.239 e. The zero-order valence-corrected chi connectivity index (χ0v) is 11.7. The van der Waals surface area contributed by atoms with Gasteiger partial charge in [0, 0.05) is 38.8 Å². The first-order chi connectivity index (χ1) is 8.61. The molecule has 2 aliphatic heterocycles. The van der Waals surface area contributed by atoms with E-state index in [9.17, 15) is 4.79 Å². The highest BCUT2D eigenvalue weighted by Crippen LogP contribution is 2.20. The van der Waals surface area contributed by atoms with Crippen molar-refractivity contribution in [3.05, 3.63) is 0 Å². The second kappa shape index (κ2) is 5.99. The Bertz CT molecular complexity index is 292. The largest absolute Gasteiger partial charge is 0.377 e. The van der Waals surface area contributed by atoms with Crippen LogP contribution < -0.4 is 5.32 Å². The van der Waals surface area contributed by atoms with E-state index in [0.29, 0.717) is 6.04 Å². The van der Waals surface area contributed by atoms with Crippen LogP contribution in [0.5, 0.6) is 0 Å². The quantitative estimate of drug-likeness (QED) is 0.766. The molecule has 0 spiro atoms. The molecule has 18 heavy (non-hydrogen) atoms. The van der Waals surface area contributed by atoms with Crippen molar-refractivity contribution in [1.82, 2.24) is 15.1 Å². The van der Waals surface area contributed by atoms with Gasteiger partial charge in [-0.05, 0) is 27.3 Å². The third-order valence-electron chi connectivity index (χ3n) is 4.26. The Labute approximate surface area is 109 Å². The summed E-state index contributed by atoms with van der Waals surface area (Å²) in [7, 11) is 2.04. The molecular weight excluding hydrogens is 230 g/mol. The summed E-state index contributed by atoms with van der Waals surface area (Å²) < 4.78 is 5.59. The van der Waals surface area contributed by atoms with Gasteiger partial charge in [0.25, 0.3) is 0 Å². The summed E-state index contributed by atoms with van der Waals surface area (Å²) in [6.07, 6.45) is 1.25. The number of likely N-dealkylation sites (N-methyl/N-ethyl adjacent to an activating group) is 1. The van der Waals surface area contributed by atoms with E-state index in [1.165, 1.54) is 0 Å². The number of carbonyl (C=O) groups excluding carboxylic acids is 1. The Morgan fingerprint density at radius 1 is 1.44 bits per heavy atom. The van der Waals surface area contributed by atoms with Crippen molar-refractivity contribution in [2.45, 2.75) is 38.5 Å². The molecule has 1 N–H and O–H groups in total. The Balaban J connectivity index is 1.92. The van der Waals surface area contributed by atoms with Crippen molar-refractivity contribution >= 4 is 5.91 Å². The first-order valence-electron chi connectivity index (χ1n) is 6.94. The molecule has 0 aromatic heterocycles. The summed E-state index contributed by atoms with van der Waals surface area (Å²) in [6, 6.07) is 0.309. The van der Waals surface area contributed by atoms with Crippen LogP contribution in [0.2, 0.25) is 0 Å². The molecule has 1 amide bonds. The monoisotopic (exact) mass is 255 g/mol. The van der Waals surface area contributed by atoms with Crippen molar-refractivity contribution in [1.29, 1.82) is 0 Å². The number of hydrogen-bond acceptors (Lipinski definition) is 4. The predicted octanol–water partition coefficient (Wildman–Crippen LogP) is -0.0841. The number of hydrogen-bond donors (Lipinski definition) is 1. The van der Waals surface area contributed by atoms with E-state index in [0.717, 1.165) is 39.2 Å². The van der Waals surface area contributed by atoms with Crippen LogP contribution >= 0.6 is 0 Å². The van der Waals surface area contributed by atoms with Crippen molar-refractivity contribution in [2.75, 3.05) is 39.8 Å². The molecule has 0 radical (unpaired) electrons. The molecule has 2 aliphatic rings. The number of amides is 1. The molecule has 3 unspecified atom stereocenters. The van der Waals surface area contributed by atoms with E-state index in [2.05, 4.69) is 17.1 Å². The molecule has 104 valence electrons. The second-order valence-electron chi connectivity index (χ2n) is 5.35. The SMILES string of the molecule is CC1OCCC1N(C)C(C)C(=O)N1CCNCC1. The molecule has 2 saturated heterocycles. The van der Waals surface area contributed by atoms with Crippen LogP contribution in [-0.2, 0) is 9.53 Å². The normalized spacial score (nSPS) is 30.8. The highest BCUT2D eigenvalue weighted by Gasteiger charge is 2.34. The lowest BCUT2D eigenvalue weighted by molar-refractivity contribution is -0.137. The van der Waals surface area contributed by atoms with E-state index >= 15 is 0 Å². The fourth-order valence-electron chi connectivity index (χ4n) is 2.87. The number of nitrogens with one attached hydrogen (secondary N) is 1. The maximum absolute atomic E-state index is 12.4. The van der Waals surface area contributed by atoms with Gasteiger partial charge in [0.05, 0.1) is 12.1 Å². The highest BCUT2D eigenvalue weighted by atomic mass is 16.5. The van der Waals surface area contributed by atoms with Gasteiger partial charge in [-0.1, -0.05) is 0 Å². The molecule has 2 heterocycles. The number of piperazine rings is 1. The zero-order valence-electron chi connectivity index (χ0n) is 11.7. The number of ether oxygens (including phenoxy) is 1. The maximum atomic E-state index is 12.4. The van der Waals surface area contributed by atoms with Gasteiger partial charge in [-0.2, -0.15) is 0 Å². The summed E-state index contributed by atoms with van der Waals surface area (Å²) in [5.41, 5.74) is 0. The number of nitrogens with zero attached hydrogens (tertiary/aromatic N) is 2. The Kier molecular flexibility index (Phi) is 4.59. The van der Waals surface area contributed by atoms with Gasteiger partial charge in [-0.15, -0.1) is 0 Å². The van der Waals surface area contributed by atoms with Gasteiger partial charge in [0.15, 0.2) is 0 Å². The summed E-state index contributed by atoms with van der Waals surface area (Å²) in [6.45, 7) is 8.38. The van der Waals surface area contributed by atoms with Crippen LogP contribution in [-0.4, -0.2) is 73.7 Å². The molecule has 0 saturated carbocycles. The molecule has 0 aromatic rings. The Morgan fingerprint density at radius 2 is 2.11 bits per heavy atom. The first kappa shape index (κ1) is 13.8. The summed E-state index contributed by atoms with van der Waals surface area (Å²) in [5, 5.41) is 3.27. The van der Waals surface area contributed by atoms with Crippen LogP contribution in [0.4, 0.5) is 0 Å². The molecule has 0 aromatic carbocycles. The van der Waals surface area contributed by atoms with Crippen LogP contribution in [0, 0.1) is 0 Å². The van der Waals surface area contributed by atoms with Crippen LogP contribution in [0.25, 0.3) is 0 Å². The molecule has 3 atom stereocenters. The second-order valence-corrected chi connectivity index (χ2v) is 5.35. The van der Waals surface area contributed by atoms with Gasteiger partial charge in [0.1, 0.15) is 0 Å². The third kappa shape index (κ3) is 2.84. The van der Waals surface area contributed by atoms with Crippen LogP contribution in [0.3, 0.4) is 0 Å². The molecule has 2 fully saturated rings. The summed E-state index contributed by atoms with van der Waals surface area (Å²) in [5.74, 6) is 0.248. The lowest BCUT2D eigenvalue weighted by atomic mass is 10.1. The number of rotatable bonds is 3. The van der Waals surface area contributed by atoms with E-state index in [1.807, 2.05) is 18.9 Å². The molecule has 2 rings (SSSR count). The fourth-order valence-corrected chi connectivity index (χ4v) is 2.87. The summed E-state index contributed by atoms with van der Waals surface area (Å²) >= 11 is 0. The van der Waals surface area contributed by atoms with Gasteiger partial charge >= 0.3 is 0 Å². The zero-order chi connectivity index (χ0) is 13.1. The topological polar surface area (TPSA) is 44.8 Å². The van der Waals surface area contributed by atoms with E-state index in [-0.39, 0.29) is 18.1 Å². The van der Waals surface area contributed by atoms with Crippen LogP contribution in [0.15, 0.2) is 0 Å². The smallest absolute Gasteiger partial charge is 0.239 e. The van der Waals surface area contributed by atoms with Crippen molar-refractivity contribution in [2.24, 2.45) is 0 Å². The lowest BCUT2D eigenvalue weighted by Gasteiger charge is -2.36. The molecule has 0 bridgehead atoms.